The monoisotopic (exact) mass is 335 g/mol. The van der Waals surface area contributed by atoms with E-state index in [0.29, 0.717) is 19.6 Å². The molecule has 3 rings (SSSR count). The number of carbonyl (C=O) groups is 1. The van der Waals surface area contributed by atoms with Crippen molar-refractivity contribution in [1.82, 2.24) is 4.90 Å². The maximum Gasteiger partial charge on any atom is 0.309 e. The molecule has 104 valence electrons. The summed E-state index contributed by atoms with van der Waals surface area (Å²) >= 11 is 3.40. The van der Waals surface area contributed by atoms with E-state index in [9.17, 15) is 4.79 Å². The van der Waals surface area contributed by atoms with Crippen molar-refractivity contribution in [2.24, 2.45) is 5.92 Å². The first-order valence-electron chi connectivity index (χ1n) is 6.41. The second kappa shape index (κ2) is 5.42. The lowest BCUT2D eigenvalue weighted by Crippen LogP contribution is -2.49. The Hall–Kier alpha value is -1.59. The van der Waals surface area contributed by atoms with Crippen LogP contribution >= 0.6 is 15.9 Å². The Kier molecular flexibility index (Phi) is 3.63. The second-order valence-corrected chi connectivity index (χ2v) is 5.92. The van der Waals surface area contributed by atoms with Gasteiger partial charge >= 0.3 is 5.97 Å². The molecule has 1 aliphatic rings. The van der Waals surface area contributed by atoms with E-state index in [4.69, 9.17) is 9.52 Å². The summed E-state index contributed by atoms with van der Waals surface area (Å²) in [7, 11) is 0. The number of nitrogens with zero attached hydrogens (tertiary/aromatic N) is 1. The molecule has 1 aromatic carbocycles. The fraction of sp³-hybridized carbons (Fsp3) is 0.267. The van der Waals surface area contributed by atoms with E-state index in [1.54, 1.807) is 0 Å². The van der Waals surface area contributed by atoms with Crippen molar-refractivity contribution in [3.05, 3.63) is 46.6 Å². The van der Waals surface area contributed by atoms with Gasteiger partial charge in [0.1, 0.15) is 11.5 Å². The van der Waals surface area contributed by atoms with Gasteiger partial charge in [0, 0.05) is 23.1 Å². The topological polar surface area (TPSA) is 53.7 Å². The number of likely N-dealkylation sites (tertiary alicyclic amines) is 1. The summed E-state index contributed by atoms with van der Waals surface area (Å²) in [4.78, 5) is 12.8. The predicted molar refractivity (Wildman–Crippen MR) is 78.2 cm³/mol. The first kappa shape index (κ1) is 13.4. The summed E-state index contributed by atoms with van der Waals surface area (Å²) in [5, 5.41) is 8.84. The van der Waals surface area contributed by atoms with Gasteiger partial charge in [-0.1, -0.05) is 28.1 Å². The van der Waals surface area contributed by atoms with Gasteiger partial charge in [-0.25, -0.2) is 0 Å². The molecule has 2 aromatic rings. The molecule has 1 N–H and O–H groups in total. The summed E-state index contributed by atoms with van der Waals surface area (Å²) in [5.74, 6) is 0.765. The van der Waals surface area contributed by atoms with E-state index < -0.39 is 5.97 Å². The summed E-state index contributed by atoms with van der Waals surface area (Å²) < 4.78 is 6.84. The molecule has 2 heterocycles. The van der Waals surface area contributed by atoms with Crippen LogP contribution in [0.15, 0.2) is 45.3 Å². The van der Waals surface area contributed by atoms with Gasteiger partial charge in [0.05, 0.1) is 12.5 Å². The molecule has 0 aliphatic carbocycles. The maximum absolute atomic E-state index is 10.7. The van der Waals surface area contributed by atoms with Crippen molar-refractivity contribution in [2.75, 3.05) is 13.1 Å². The third-order valence-corrected chi connectivity index (χ3v) is 4.00. The SMILES string of the molecule is O=C(O)C1CN(Cc2ccc(-c3ccc(Br)cc3)o2)C1. The predicted octanol–water partition coefficient (Wildman–Crippen LogP) is 3.23. The molecule has 1 aromatic heterocycles. The first-order valence-corrected chi connectivity index (χ1v) is 7.21. The number of rotatable bonds is 4. The number of hydrogen-bond donors (Lipinski definition) is 1. The lowest BCUT2D eigenvalue weighted by atomic mass is 10.0. The fourth-order valence-electron chi connectivity index (χ4n) is 2.31. The largest absolute Gasteiger partial charge is 0.481 e. The molecule has 4 nitrogen and oxygen atoms in total. The van der Waals surface area contributed by atoms with E-state index in [2.05, 4.69) is 20.8 Å². The summed E-state index contributed by atoms with van der Waals surface area (Å²) in [5.41, 5.74) is 1.03. The summed E-state index contributed by atoms with van der Waals surface area (Å²) in [6, 6.07) is 11.8. The average molecular weight is 336 g/mol. The number of aliphatic carboxylic acids is 1. The molecule has 0 atom stereocenters. The molecule has 0 spiro atoms. The van der Waals surface area contributed by atoms with E-state index in [1.165, 1.54) is 0 Å². The zero-order chi connectivity index (χ0) is 14.1. The van der Waals surface area contributed by atoms with Crippen LogP contribution in [0, 0.1) is 5.92 Å². The molecule has 0 radical (unpaired) electrons. The minimum atomic E-state index is -0.712. The van der Waals surface area contributed by atoms with Gasteiger partial charge in [-0.3, -0.25) is 9.69 Å². The number of benzene rings is 1. The van der Waals surface area contributed by atoms with Crippen LogP contribution in [-0.2, 0) is 11.3 Å². The molecule has 1 aliphatic heterocycles. The number of hydrogen-bond acceptors (Lipinski definition) is 3. The maximum atomic E-state index is 10.7. The standard InChI is InChI=1S/C15H14BrNO3/c16-12-3-1-10(2-4-12)14-6-5-13(20-14)9-17-7-11(8-17)15(18)19/h1-6,11H,7-9H2,(H,18,19). The molecule has 0 unspecified atom stereocenters. The quantitative estimate of drug-likeness (QED) is 0.931. The molecule has 0 bridgehead atoms. The van der Waals surface area contributed by atoms with E-state index in [0.717, 1.165) is 21.6 Å². The zero-order valence-electron chi connectivity index (χ0n) is 10.8. The first-order chi connectivity index (χ1) is 9.61. The van der Waals surface area contributed by atoms with Crippen LogP contribution in [0.2, 0.25) is 0 Å². The Balaban J connectivity index is 1.63. The molecule has 0 saturated carbocycles. The highest BCUT2D eigenvalue weighted by atomic mass is 79.9. The highest BCUT2D eigenvalue weighted by Crippen LogP contribution is 2.26. The highest BCUT2D eigenvalue weighted by molar-refractivity contribution is 9.10. The van der Waals surface area contributed by atoms with Crippen LogP contribution in [0.4, 0.5) is 0 Å². The van der Waals surface area contributed by atoms with Crippen LogP contribution in [0.25, 0.3) is 11.3 Å². The van der Waals surface area contributed by atoms with Crippen molar-refractivity contribution >= 4 is 21.9 Å². The van der Waals surface area contributed by atoms with E-state index in [1.807, 2.05) is 36.4 Å². The molecule has 1 saturated heterocycles. The fourth-order valence-corrected chi connectivity index (χ4v) is 2.57. The van der Waals surface area contributed by atoms with Gasteiger partial charge < -0.3 is 9.52 Å². The van der Waals surface area contributed by atoms with Crippen molar-refractivity contribution in [3.8, 4) is 11.3 Å². The van der Waals surface area contributed by atoms with Crippen molar-refractivity contribution in [3.63, 3.8) is 0 Å². The lowest BCUT2D eigenvalue weighted by molar-refractivity contribution is -0.147. The van der Waals surface area contributed by atoms with Gasteiger partial charge in [0.2, 0.25) is 0 Å². The Morgan fingerprint density at radius 3 is 2.60 bits per heavy atom. The summed E-state index contributed by atoms with van der Waals surface area (Å²) in [6.45, 7) is 1.87. The van der Waals surface area contributed by atoms with Crippen LogP contribution in [-0.4, -0.2) is 29.1 Å². The van der Waals surface area contributed by atoms with Crippen LogP contribution in [0.3, 0.4) is 0 Å². The third-order valence-electron chi connectivity index (χ3n) is 3.48. The van der Waals surface area contributed by atoms with Crippen molar-refractivity contribution in [1.29, 1.82) is 0 Å². The van der Waals surface area contributed by atoms with Gasteiger partial charge in [-0.05, 0) is 24.3 Å². The minimum Gasteiger partial charge on any atom is -0.481 e. The zero-order valence-corrected chi connectivity index (χ0v) is 12.3. The Bertz CT molecular complexity index is 614. The van der Waals surface area contributed by atoms with E-state index in [-0.39, 0.29) is 5.92 Å². The molecule has 0 amide bonds. The highest BCUT2D eigenvalue weighted by Gasteiger charge is 2.32. The molecule has 5 heteroatoms. The minimum absolute atomic E-state index is 0.226. The number of furan rings is 1. The average Bonchev–Trinajstić information content (AvgIpc) is 2.82. The third kappa shape index (κ3) is 2.78. The Labute approximate surface area is 125 Å². The number of halogens is 1. The smallest absolute Gasteiger partial charge is 0.309 e. The second-order valence-electron chi connectivity index (χ2n) is 5.00. The van der Waals surface area contributed by atoms with Gasteiger partial charge in [0.15, 0.2) is 0 Å². The van der Waals surface area contributed by atoms with Crippen LogP contribution in [0.1, 0.15) is 5.76 Å². The van der Waals surface area contributed by atoms with Crippen molar-refractivity contribution < 1.29 is 14.3 Å². The number of carboxylic acid groups (broad SMARTS) is 1. The lowest BCUT2D eigenvalue weighted by Gasteiger charge is -2.35. The molecule has 1 fully saturated rings. The van der Waals surface area contributed by atoms with Crippen molar-refractivity contribution in [2.45, 2.75) is 6.54 Å². The Morgan fingerprint density at radius 2 is 1.95 bits per heavy atom. The number of carboxylic acids is 1. The molecular weight excluding hydrogens is 322 g/mol. The van der Waals surface area contributed by atoms with Gasteiger partial charge in [0.25, 0.3) is 0 Å². The Morgan fingerprint density at radius 1 is 1.25 bits per heavy atom. The molecular formula is C15H14BrNO3. The van der Waals surface area contributed by atoms with Crippen LogP contribution in [0.5, 0.6) is 0 Å². The van der Waals surface area contributed by atoms with Crippen LogP contribution < -0.4 is 0 Å². The van der Waals surface area contributed by atoms with Gasteiger partial charge in [-0.2, -0.15) is 0 Å². The summed E-state index contributed by atoms with van der Waals surface area (Å²) in [6.07, 6.45) is 0. The normalized spacial score (nSPS) is 16.1. The van der Waals surface area contributed by atoms with Gasteiger partial charge in [-0.15, -0.1) is 0 Å². The van der Waals surface area contributed by atoms with E-state index >= 15 is 0 Å². The molecule has 20 heavy (non-hydrogen) atoms.